The fourth-order valence-electron chi connectivity index (χ4n) is 4.48. The van der Waals surface area contributed by atoms with Crippen LogP contribution < -0.4 is 10.6 Å². The molecule has 0 aromatic heterocycles. The maximum absolute atomic E-state index is 14.1. The zero-order valence-electron chi connectivity index (χ0n) is 24.3. The Morgan fingerprint density at radius 1 is 1.05 bits per heavy atom. The zero-order chi connectivity index (χ0) is 30.2. The summed E-state index contributed by atoms with van der Waals surface area (Å²) in [6, 6.07) is 20.3. The third kappa shape index (κ3) is 8.18. The number of fused-ring (bicyclic) bond motifs is 1. The summed E-state index contributed by atoms with van der Waals surface area (Å²) < 4.78 is 5.41. The lowest BCUT2D eigenvalue weighted by Gasteiger charge is -2.34. The van der Waals surface area contributed by atoms with Crippen molar-refractivity contribution in [2.24, 2.45) is 5.92 Å². The number of anilines is 1. The van der Waals surface area contributed by atoms with E-state index >= 15 is 0 Å². The third-order valence-corrected chi connectivity index (χ3v) is 6.71. The molecule has 0 heterocycles. The first-order valence-electron chi connectivity index (χ1n) is 13.7. The molecule has 2 N–H and O–H groups in total. The summed E-state index contributed by atoms with van der Waals surface area (Å²) in [5.74, 6) is -1.36. The molecular weight excluding hydrogens is 516 g/mol. The molecular formula is C33H38N4O4. The molecule has 41 heavy (non-hydrogen) atoms. The molecule has 3 atom stereocenters. The molecule has 8 heteroatoms. The van der Waals surface area contributed by atoms with Crippen molar-refractivity contribution in [2.45, 2.75) is 58.7 Å². The summed E-state index contributed by atoms with van der Waals surface area (Å²) >= 11 is 0. The summed E-state index contributed by atoms with van der Waals surface area (Å²) in [5.41, 5.74) is 1.03. The van der Waals surface area contributed by atoms with Gasteiger partial charge in [0.1, 0.15) is 24.2 Å². The van der Waals surface area contributed by atoms with E-state index in [9.17, 15) is 19.6 Å². The maximum Gasteiger partial charge on any atom is 0.408 e. The van der Waals surface area contributed by atoms with Crippen LogP contribution in [0.2, 0.25) is 0 Å². The molecule has 3 aromatic rings. The molecule has 0 aliphatic carbocycles. The summed E-state index contributed by atoms with van der Waals surface area (Å²) in [5, 5.41) is 17.4. The van der Waals surface area contributed by atoms with Gasteiger partial charge >= 0.3 is 6.09 Å². The number of nitrogens with one attached hydrogen (secondary N) is 2. The zero-order valence-corrected chi connectivity index (χ0v) is 24.3. The molecule has 0 saturated carbocycles. The van der Waals surface area contributed by atoms with Gasteiger partial charge in [-0.2, -0.15) is 5.26 Å². The fourth-order valence-corrected chi connectivity index (χ4v) is 4.48. The van der Waals surface area contributed by atoms with Gasteiger partial charge in [0, 0.05) is 5.69 Å². The van der Waals surface area contributed by atoms with Gasteiger partial charge in [-0.05, 0) is 66.8 Å². The van der Waals surface area contributed by atoms with E-state index in [1.54, 1.807) is 51.1 Å². The first-order chi connectivity index (χ1) is 19.5. The monoisotopic (exact) mass is 554 g/mol. The highest BCUT2D eigenvalue weighted by Gasteiger charge is 2.38. The van der Waals surface area contributed by atoms with Crippen molar-refractivity contribution in [2.75, 3.05) is 11.9 Å². The summed E-state index contributed by atoms with van der Waals surface area (Å²) in [6.07, 6.45) is 1.45. The minimum Gasteiger partial charge on any atom is -0.444 e. The van der Waals surface area contributed by atoms with Crippen molar-refractivity contribution >= 4 is 40.4 Å². The lowest BCUT2D eigenvalue weighted by Crippen LogP contribution is -2.54. The number of nitrogens with zero attached hydrogens (tertiary/aromatic N) is 2. The van der Waals surface area contributed by atoms with Crippen molar-refractivity contribution in [1.29, 1.82) is 5.26 Å². The van der Waals surface area contributed by atoms with Crippen LogP contribution in [-0.4, -0.2) is 41.0 Å². The van der Waals surface area contributed by atoms with Crippen LogP contribution in [0.1, 0.15) is 58.2 Å². The topological polar surface area (TPSA) is 112 Å². The van der Waals surface area contributed by atoms with Crippen molar-refractivity contribution in [1.82, 2.24) is 10.2 Å². The van der Waals surface area contributed by atoms with Crippen LogP contribution in [-0.2, 0) is 14.3 Å². The molecule has 0 aliphatic rings. The summed E-state index contributed by atoms with van der Waals surface area (Å²) in [6.45, 7) is 12.4. The first-order valence-corrected chi connectivity index (χ1v) is 13.7. The number of benzene rings is 3. The lowest BCUT2D eigenvalue weighted by molar-refractivity contribution is -0.141. The van der Waals surface area contributed by atoms with Crippen LogP contribution >= 0.6 is 0 Å². The van der Waals surface area contributed by atoms with Gasteiger partial charge in [0.2, 0.25) is 5.91 Å². The first kappa shape index (κ1) is 30.9. The molecule has 0 spiro atoms. The lowest BCUT2D eigenvalue weighted by atomic mass is 9.95. The number of hydrogen-bond donors (Lipinski definition) is 2. The van der Waals surface area contributed by atoms with Crippen LogP contribution in [0.15, 0.2) is 73.3 Å². The second kappa shape index (κ2) is 13.6. The minimum atomic E-state index is -1.17. The Labute approximate surface area is 242 Å². The number of ether oxygens (including phenoxy) is 1. The van der Waals surface area contributed by atoms with Gasteiger partial charge in [0.25, 0.3) is 5.91 Å². The number of rotatable bonds is 10. The van der Waals surface area contributed by atoms with Gasteiger partial charge in [-0.1, -0.05) is 81.5 Å². The van der Waals surface area contributed by atoms with Gasteiger partial charge in [0.05, 0.1) is 6.07 Å². The Kier molecular flexibility index (Phi) is 10.3. The predicted octanol–water partition coefficient (Wildman–Crippen LogP) is 6.45. The van der Waals surface area contributed by atoms with E-state index in [1.807, 2.05) is 62.4 Å². The number of hydrogen-bond acceptors (Lipinski definition) is 5. The van der Waals surface area contributed by atoms with Crippen molar-refractivity contribution in [3.8, 4) is 6.07 Å². The molecule has 0 aliphatic heterocycles. The fraction of sp³-hybridized carbons (Fsp3) is 0.333. The quantitative estimate of drug-likeness (QED) is 0.280. The van der Waals surface area contributed by atoms with E-state index in [4.69, 9.17) is 4.74 Å². The largest absolute Gasteiger partial charge is 0.444 e. The molecule has 8 nitrogen and oxygen atoms in total. The van der Waals surface area contributed by atoms with Gasteiger partial charge < -0.3 is 20.3 Å². The number of carbonyl (C=O) groups excluding carboxylic acids is 3. The average Bonchev–Trinajstić information content (AvgIpc) is 2.94. The summed E-state index contributed by atoms with van der Waals surface area (Å²) in [4.78, 5) is 42.1. The molecule has 214 valence electrons. The average molecular weight is 555 g/mol. The highest BCUT2D eigenvalue weighted by atomic mass is 16.6. The molecule has 3 unspecified atom stereocenters. The molecule has 0 bridgehead atoms. The van der Waals surface area contributed by atoms with Crippen molar-refractivity contribution in [3.05, 3.63) is 84.4 Å². The van der Waals surface area contributed by atoms with E-state index < -0.39 is 35.6 Å². The van der Waals surface area contributed by atoms with Gasteiger partial charge in [-0.15, -0.1) is 0 Å². The Bertz CT molecular complexity index is 1450. The molecule has 0 radical (unpaired) electrons. The van der Waals surface area contributed by atoms with Gasteiger partial charge in [0.15, 0.2) is 0 Å². The molecule has 3 amide bonds. The van der Waals surface area contributed by atoms with E-state index in [2.05, 4.69) is 17.2 Å². The Balaban J connectivity index is 2.05. The SMILES string of the molecule is C=Cc1cccc(C(C(=O)Nc2ccc3ccccc3c2)N(CC#N)C(=O)C(NC(=O)OC(C)(C)C)C(C)CC)c1. The third-order valence-electron chi connectivity index (χ3n) is 6.71. The number of alkyl carbamates (subject to hydrolysis) is 1. The van der Waals surface area contributed by atoms with Crippen LogP contribution in [0.25, 0.3) is 16.8 Å². The Hall–Kier alpha value is -4.64. The second-order valence-corrected chi connectivity index (χ2v) is 11.0. The molecule has 3 rings (SSSR count). The van der Waals surface area contributed by atoms with Crippen LogP contribution in [0.3, 0.4) is 0 Å². The van der Waals surface area contributed by atoms with Crippen LogP contribution in [0, 0.1) is 17.2 Å². The number of nitriles is 1. The number of amides is 3. The van der Waals surface area contributed by atoms with E-state index in [1.165, 1.54) is 4.90 Å². The van der Waals surface area contributed by atoms with Crippen LogP contribution in [0.5, 0.6) is 0 Å². The number of carbonyl (C=O) groups is 3. The maximum atomic E-state index is 14.1. The van der Waals surface area contributed by atoms with Gasteiger partial charge in [-0.3, -0.25) is 9.59 Å². The van der Waals surface area contributed by atoms with Gasteiger partial charge in [-0.25, -0.2) is 4.79 Å². The van der Waals surface area contributed by atoms with Crippen LogP contribution in [0.4, 0.5) is 10.5 Å². The summed E-state index contributed by atoms with van der Waals surface area (Å²) in [7, 11) is 0. The van der Waals surface area contributed by atoms with E-state index in [0.717, 1.165) is 16.3 Å². The standard InChI is InChI=1S/C33H38N4O4/c1-7-22(3)28(36-32(40)41-33(4,5)6)31(39)37(19-18-34)29(26-15-11-12-23(8-2)20-26)30(38)35-27-17-16-24-13-9-10-14-25(24)21-27/h8-17,20-22,28-29H,2,7,19H2,1,3-6H3,(H,35,38)(H,36,40). The molecule has 3 aromatic carbocycles. The highest BCUT2D eigenvalue weighted by Crippen LogP contribution is 2.28. The molecule has 0 fully saturated rings. The second-order valence-electron chi connectivity index (χ2n) is 11.0. The highest BCUT2D eigenvalue weighted by molar-refractivity contribution is 6.00. The Morgan fingerprint density at radius 3 is 2.39 bits per heavy atom. The van der Waals surface area contributed by atoms with Crippen molar-refractivity contribution < 1.29 is 19.1 Å². The smallest absolute Gasteiger partial charge is 0.408 e. The van der Waals surface area contributed by atoms with E-state index in [0.29, 0.717) is 17.7 Å². The molecule has 0 saturated heterocycles. The Morgan fingerprint density at radius 2 is 1.76 bits per heavy atom. The minimum absolute atomic E-state index is 0.306. The van der Waals surface area contributed by atoms with Crippen molar-refractivity contribution in [3.63, 3.8) is 0 Å². The predicted molar refractivity (Wildman–Crippen MR) is 162 cm³/mol. The van der Waals surface area contributed by atoms with E-state index in [-0.39, 0.29) is 12.5 Å². The normalized spacial score (nSPS) is 13.3.